The molecule has 2 rings (SSSR count). The molecule has 0 aliphatic rings. The molecule has 0 aliphatic carbocycles. The van der Waals surface area contributed by atoms with E-state index in [1.807, 2.05) is 0 Å². The van der Waals surface area contributed by atoms with E-state index in [4.69, 9.17) is 0 Å². The molecule has 0 unspecified atom stereocenters. The molecule has 0 saturated heterocycles. The van der Waals surface area contributed by atoms with Gasteiger partial charge in [0, 0.05) is 11.1 Å². The lowest BCUT2D eigenvalue weighted by molar-refractivity contribution is 0.0813. The normalized spacial score (nSPS) is 11.7. The molecule has 0 heterocycles. The second-order valence-corrected chi connectivity index (χ2v) is 4.30. The lowest BCUT2D eigenvalue weighted by Gasteiger charge is -2.15. The van der Waals surface area contributed by atoms with Gasteiger partial charge < -0.3 is 10.4 Å². The molecule has 102 valence electrons. The highest BCUT2D eigenvalue weighted by Crippen LogP contribution is 2.05. The molecule has 4 nitrogen and oxygen atoms in total. The zero-order chi connectivity index (χ0) is 14.4. The summed E-state index contributed by atoms with van der Waals surface area (Å²) in [7, 11) is 0. The number of carbonyl (C=O) groups excluding carboxylic acids is 2. The number of benzene rings is 2. The SMILES string of the molecule is O=C(N[C@H](CO)C(=O)c1ccccc1)c1ccccc1. The van der Waals surface area contributed by atoms with Gasteiger partial charge in [-0.25, -0.2) is 0 Å². The standard InChI is InChI=1S/C16H15NO3/c18-11-14(15(19)12-7-3-1-4-8-12)17-16(20)13-9-5-2-6-10-13/h1-10,14,18H,11H2,(H,17,20)/t14-/m1/s1. The van der Waals surface area contributed by atoms with Crippen LogP contribution in [0.5, 0.6) is 0 Å². The summed E-state index contributed by atoms with van der Waals surface area (Å²) in [6.45, 7) is -0.438. The number of aliphatic hydroxyl groups excluding tert-OH is 1. The first kappa shape index (κ1) is 14.0. The summed E-state index contributed by atoms with van der Waals surface area (Å²) in [5, 5.41) is 11.9. The van der Waals surface area contributed by atoms with Crippen molar-refractivity contribution in [2.45, 2.75) is 6.04 Å². The minimum Gasteiger partial charge on any atom is -0.394 e. The van der Waals surface area contributed by atoms with Crippen LogP contribution < -0.4 is 5.32 Å². The van der Waals surface area contributed by atoms with Crippen molar-refractivity contribution in [3.63, 3.8) is 0 Å². The number of hydrogen-bond acceptors (Lipinski definition) is 3. The zero-order valence-corrected chi connectivity index (χ0v) is 10.8. The fourth-order valence-corrected chi connectivity index (χ4v) is 1.83. The van der Waals surface area contributed by atoms with Gasteiger partial charge in [0.15, 0.2) is 5.78 Å². The second kappa shape index (κ2) is 6.63. The first-order valence-corrected chi connectivity index (χ1v) is 6.28. The van der Waals surface area contributed by atoms with Crippen molar-refractivity contribution in [3.8, 4) is 0 Å². The molecule has 2 aromatic carbocycles. The Bertz CT molecular complexity index is 581. The van der Waals surface area contributed by atoms with Gasteiger partial charge in [-0.1, -0.05) is 48.5 Å². The van der Waals surface area contributed by atoms with Crippen LogP contribution in [0.2, 0.25) is 0 Å². The number of amides is 1. The number of nitrogens with one attached hydrogen (secondary N) is 1. The van der Waals surface area contributed by atoms with Crippen LogP contribution in [-0.2, 0) is 0 Å². The Kier molecular flexibility index (Phi) is 4.63. The molecule has 1 amide bonds. The Hall–Kier alpha value is -2.46. The van der Waals surface area contributed by atoms with E-state index in [1.165, 1.54) is 0 Å². The average Bonchev–Trinajstić information content (AvgIpc) is 2.53. The molecule has 2 N–H and O–H groups in total. The second-order valence-electron chi connectivity index (χ2n) is 4.30. The molecule has 0 saturated carbocycles. The Morgan fingerprint density at radius 2 is 1.40 bits per heavy atom. The molecule has 0 aromatic heterocycles. The Morgan fingerprint density at radius 3 is 1.90 bits per heavy atom. The summed E-state index contributed by atoms with van der Waals surface area (Å²) in [6.07, 6.45) is 0. The topological polar surface area (TPSA) is 66.4 Å². The first-order chi connectivity index (χ1) is 9.72. The number of rotatable bonds is 5. The third-order valence-corrected chi connectivity index (χ3v) is 2.90. The zero-order valence-electron chi connectivity index (χ0n) is 10.8. The predicted octanol–water partition coefficient (Wildman–Crippen LogP) is 1.66. The summed E-state index contributed by atoms with van der Waals surface area (Å²) in [5.74, 6) is -0.689. The largest absolute Gasteiger partial charge is 0.394 e. The van der Waals surface area contributed by atoms with Crippen LogP contribution in [0.4, 0.5) is 0 Å². The van der Waals surface area contributed by atoms with Crippen LogP contribution in [0.1, 0.15) is 20.7 Å². The van der Waals surface area contributed by atoms with Gasteiger partial charge in [0.2, 0.25) is 0 Å². The van der Waals surface area contributed by atoms with E-state index in [1.54, 1.807) is 60.7 Å². The maximum absolute atomic E-state index is 12.2. The van der Waals surface area contributed by atoms with Gasteiger partial charge in [0.05, 0.1) is 6.61 Å². The van der Waals surface area contributed by atoms with Crippen molar-refractivity contribution >= 4 is 11.7 Å². The van der Waals surface area contributed by atoms with Crippen molar-refractivity contribution in [2.24, 2.45) is 0 Å². The molecule has 0 bridgehead atoms. The molecule has 20 heavy (non-hydrogen) atoms. The van der Waals surface area contributed by atoms with Crippen LogP contribution in [0.25, 0.3) is 0 Å². The van der Waals surface area contributed by atoms with E-state index in [0.717, 1.165) is 0 Å². The highest BCUT2D eigenvalue weighted by molar-refractivity contribution is 6.04. The number of Topliss-reactive ketones (excluding diaryl/α,β-unsaturated/α-hetero) is 1. The van der Waals surface area contributed by atoms with Crippen LogP contribution >= 0.6 is 0 Å². The van der Waals surface area contributed by atoms with Crippen LogP contribution in [0.15, 0.2) is 60.7 Å². The van der Waals surface area contributed by atoms with E-state index in [2.05, 4.69) is 5.32 Å². The summed E-state index contributed by atoms with van der Waals surface area (Å²) in [4.78, 5) is 24.1. The predicted molar refractivity (Wildman–Crippen MR) is 75.6 cm³/mol. The van der Waals surface area contributed by atoms with Crippen molar-refractivity contribution in [1.82, 2.24) is 5.32 Å². The molecular weight excluding hydrogens is 254 g/mol. The van der Waals surface area contributed by atoms with Gasteiger partial charge >= 0.3 is 0 Å². The number of carbonyl (C=O) groups is 2. The van der Waals surface area contributed by atoms with Crippen molar-refractivity contribution in [3.05, 3.63) is 71.8 Å². The minimum atomic E-state index is -0.940. The van der Waals surface area contributed by atoms with Gasteiger partial charge in [-0.2, -0.15) is 0 Å². The summed E-state index contributed by atoms with van der Waals surface area (Å²) >= 11 is 0. The lowest BCUT2D eigenvalue weighted by atomic mass is 10.0. The van der Waals surface area contributed by atoms with E-state index in [9.17, 15) is 14.7 Å². The van der Waals surface area contributed by atoms with Crippen molar-refractivity contribution in [1.29, 1.82) is 0 Å². The van der Waals surface area contributed by atoms with Gasteiger partial charge in [-0.15, -0.1) is 0 Å². The molecule has 0 spiro atoms. The molecule has 1 atom stereocenters. The molecule has 0 radical (unpaired) electrons. The van der Waals surface area contributed by atoms with Gasteiger partial charge in [0.25, 0.3) is 5.91 Å². The highest BCUT2D eigenvalue weighted by atomic mass is 16.3. The first-order valence-electron chi connectivity index (χ1n) is 6.28. The Balaban J connectivity index is 2.10. The molecular formula is C16H15NO3. The fraction of sp³-hybridized carbons (Fsp3) is 0.125. The average molecular weight is 269 g/mol. The van der Waals surface area contributed by atoms with Gasteiger partial charge in [0.1, 0.15) is 6.04 Å². The van der Waals surface area contributed by atoms with E-state index in [0.29, 0.717) is 11.1 Å². The van der Waals surface area contributed by atoms with E-state index in [-0.39, 0.29) is 11.7 Å². The molecule has 0 fully saturated rings. The third-order valence-electron chi connectivity index (χ3n) is 2.90. The van der Waals surface area contributed by atoms with Crippen molar-refractivity contribution in [2.75, 3.05) is 6.61 Å². The fourth-order valence-electron chi connectivity index (χ4n) is 1.83. The number of ketones is 1. The Labute approximate surface area is 117 Å². The quantitative estimate of drug-likeness (QED) is 0.811. The molecule has 2 aromatic rings. The maximum Gasteiger partial charge on any atom is 0.251 e. The molecule has 0 aliphatic heterocycles. The Morgan fingerprint density at radius 1 is 0.900 bits per heavy atom. The van der Waals surface area contributed by atoms with Gasteiger partial charge in [-0.3, -0.25) is 9.59 Å². The number of hydrogen-bond donors (Lipinski definition) is 2. The summed E-state index contributed by atoms with van der Waals surface area (Å²) in [6, 6.07) is 16.2. The molecule has 4 heteroatoms. The summed E-state index contributed by atoms with van der Waals surface area (Å²) in [5.41, 5.74) is 0.909. The van der Waals surface area contributed by atoms with E-state index < -0.39 is 12.6 Å². The van der Waals surface area contributed by atoms with Crippen LogP contribution in [-0.4, -0.2) is 29.4 Å². The number of aliphatic hydroxyl groups is 1. The van der Waals surface area contributed by atoms with Gasteiger partial charge in [-0.05, 0) is 12.1 Å². The van der Waals surface area contributed by atoms with Crippen LogP contribution in [0, 0.1) is 0 Å². The third kappa shape index (κ3) is 3.30. The van der Waals surface area contributed by atoms with Crippen molar-refractivity contribution < 1.29 is 14.7 Å². The smallest absolute Gasteiger partial charge is 0.251 e. The highest BCUT2D eigenvalue weighted by Gasteiger charge is 2.21. The maximum atomic E-state index is 12.2. The monoisotopic (exact) mass is 269 g/mol. The van der Waals surface area contributed by atoms with E-state index >= 15 is 0 Å². The van der Waals surface area contributed by atoms with Crippen LogP contribution in [0.3, 0.4) is 0 Å². The summed E-state index contributed by atoms with van der Waals surface area (Å²) < 4.78 is 0. The lowest BCUT2D eigenvalue weighted by Crippen LogP contribution is -2.43. The minimum absolute atomic E-state index is 0.308.